The molecule has 0 spiro atoms. The Bertz CT molecular complexity index is 1790. The van der Waals surface area contributed by atoms with Crippen molar-refractivity contribution in [2.45, 2.75) is 33.4 Å². The minimum Gasteiger partial charge on any atom is -0.374 e. The molecule has 1 atom stereocenters. The summed E-state index contributed by atoms with van der Waals surface area (Å²) in [5, 5.41) is 21.6. The molecule has 1 aromatic carbocycles. The molecule has 5 aromatic heterocycles. The third-order valence-electron chi connectivity index (χ3n) is 6.42. The van der Waals surface area contributed by atoms with Gasteiger partial charge in [0, 0.05) is 52.9 Å². The number of benzene rings is 1. The van der Waals surface area contributed by atoms with Crippen LogP contribution in [-0.4, -0.2) is 46.5 Å². The van der Waals surface area contributed by atoms with E-state index in [1.807, 2.05) is 18.2 Å². The normalized spacial score (nSPS) is 12.7. The molecular weight excluding hydrogens is 495 g/mol. The first kappa shape index (κ1) is 24.6. The van der Waals surface area contributed by atoms with Crippen molar-refractivity contribution < 1.29 is 9.50 Å². The first-order valence-corrected chi connectivity index (χ1v) is 12.6. The van der Waals surface area contributed by atoms with Gasteiger partial charge in [-0.1, -0.05) is 20.8 Å². The van der Waals surface area contributed by atoms with Gasteiger partial charge in [-0.15, -0.1) is 0 Å². The summed E-state index contributed by atoms with van der Waals surface area (Å²) >= 11 is 0. The number of aromatic amines is 2. The second-order valence-corrected chi connectivity index (χ2v) is 10.7. The lowest BCUT2D eigenvalue weighted by Crippen LogP contribution is -2.25. The molecule has 196 valence electrons. The van der Waals surface area contributed by atoms with E-state index in [0.717, 1.165) is 16.8 Å². The second kappa shape index (κ2) is 9.55. The van der Waals surface area contributed by atoms with Crippen LogP contribution in [0.3, 0.4) is 0 Å². The highest BCUT2D eigenvalue weighted by Crippen LogP contribution is 2.34. The van der Waals surface area contributed by atoms with E-state index < -0.39 is 12.0 Å². The quantitative estimate of drug-likeness (QED) is 0.200. The van der Waals surface area contributed by atoms with E-state index in [9.17, 15) is 5.11 Å². The molecule has 0 aliphatic heterocycles. The van der Waals surface area contributed by atoms with Crippen molar-refractivity contribution in [2.75, 3.05) is 5.32 Å². The lowest BCUT2D eigenvalue weighted by atomic mass is 9.91. The molecular formula is C29H27FN8O. The zero-order valence-corrected chi connectivity index (χ0v) is 21.7. The first-order valence-electron chi connectivity index (χ1n) is 12.6. The van der Waals surface area contributed by atoms with Crippen LogP contribution in [0.5, 0.6) is 0 Å². The SMILES string of the molecule is CC(C)(C)CC(O)Nc1cncc(-c2cc3c(-c4nc5c(-c6ccncc6)nccc5[nH]4)n[nH]c3cc2F)c1. The number of H-pyrrole nitrogens is 2. The van der Waals surface area contributed by atoms with E-state index in [2.05, 4.69) is 56.2 Å². The fraction of sp³-hybridized carbons (Fsp3) is 0.207. The average molecular weight is 523 g/mol. The Morgan fingerprint density at radius 3 is 2.56 bits per heavy atom. The highest BCUT2D eigenvalue weighted by molar-refractivity contribution is 5.97. The summed E-state index contributed by atoms with van der Waals surface area (Å²) in [4.78, 5) is 21.0. The number of nitrogens with one attached hydrogen (secondary N) is 3. The molecule has 0 fully saturated rings. The molecule has 0 amide bonds. The molecule has 5 heterocycles. The number of imidazole rings is 1. The van der Waals surface area contributed by atoms with Crippen molar-refractivity contribution in [2.24, 2.45) is 5.41 Å². The van der Waals surface area contributed by atoms with Crippen LogP contribution in [0.25, 0.3) is 55.8 Å². The predicted octanol–water partition coefficient (Wildman–Crippen LogP) is 5.93. The zero-order chi connectivity index (χ0) is 27.1. The summed E-state index contributed by atoms with van der Waals surface area (Å²) in [6.07, 6.45) is 8.15. The summed E-state index contributed by atoms with van der Waals surface area (Å²) in [5.74, 6) is 0.122. The Hall–Kier alpha value is -4.70. The number of nitrogens with zero attached hydrogens (tertiary/aromatic N) is 5. The largest absolute Gasteiger partial charge is 0.374 e. The maximum Gasteiger partial charge on any atom is 0.159 e. The van der Waals surface area contributed by atoms with Gasteiger partial charge >= 0.3 is 0 Å². The molecule has 0 bridgehead atoms. The maximum absolute atomic E-state index is 15.3. The Balaban J connectivity index is 1.39. The molecule has 1 unspecified atom stereocenters. The number of hydrogen-bond acceptors (Lipinski definition) is 7. The van der Waals surface area contributed by atoms with E-state index in [0.29, 0.717) is 51.2 Å². The minimum atomic E-state index is -0.755. The standard InChI is InChI=1S/C29H27FN8O/c1-29(2,3)13-24(39)34-18-10-17(14-32-15-18)19-11-20-23(12-21(19)30)37-38-26(20)28-35-22-6-9-33-25(27(22)36-28)16-4-7-31-8-5-16/h4-12,14-15,24,34,39H,13H2,1-3H3,(H,35,36)(H,37,38). The van der Waals surface area contributed by atoms with E-state index in [-0.39, 0.29) is 5.41 Å². The summed E-state index contributed by atoms with van der Waals surface area (Å²) in [6, 6.07) is 10.6. The van der Waals surface area contributed by atoms with Gasteiger partial charge in [0.1, 0.15) is 23.3 Å². The fourth-order valence-electron chi connectivity index (χ4n) is 4.70. The number of aliphatic hydroxyl groups is 1. The molecule has 0 saturated heterocycles. The molecule has 39 heavy (non-hydrogen) atoms. The van der Waals surface area contributed by atoms with Gasteiger partial charge in [-0.2, -0.15) is 5.10 Å². The minimum absolute atomic E-state index is 0.0575. The Labute approximate surface area is 223 Å². The topological polar surface area (TPSA) is 128 Å². The number of anilines is 1. The number of rotatable bonds is 6. The van der Waals surface area contributed by atoms with Crippen molar-refractivity contribution in [3.05, 3.63) is 73.2 Å². The summed E-state index contributed by atoms with van der Waals surface area (Å²) < 4.78 is 15.3. The van der Waals surface area contributed by atoms with Crippen LogP contribution in [0.2, 0.25) is 0 Å². The molecule has 0 aliphatic carbocycles. The average Bonchev–Trinajstić information content (AvgIpc) is 3.51. The molecule has 10 heteroatoms. The first-order chi connectivity index (χ1) is 18.7. The van der Waals surface area contributed by atoms with Crippen LogP contribution in [0.4, 0.5) is 10.1 Å². The summed E-state index contributed by atoms with van der Waals surface area (Å²) in [6.45, 7) is 6.16. The third-order valence-corrected chi connectivity index (χ3v) is 6.42. The van der Waals surface area contributed by atoms with E-state index >= 15 is 4.39 Å². The van der Waals surface area contributed by atoms with Crippen LogP contribution < -0.4 is 5.32 Å². The maximum atomic E-state index is 15.3. The van der Waals surface area contributed by atoms with Crippen LogP contribution in [0, 0.1) is 11.2 Å². The fourth-order valence-corrected chi connectivity index (χ4v) is 4.70. The van der Waals surface area contributed by atoms with Gasteiger partial charge in [0.15, 0.2) is 5.82 Å². The lowest BCUT2D eigenvalue weighted by Gasteiger charge is -2.23. The van der Waals surface area contributed by atoms with Gasteiger partial charge in [0.2, 0.25) is 0 Å². The lowest BCUT2D eigenvalue weighted by molar-refractivity contribution is 0.145. The zero-order valence-electron chi connectivity index (χ0n) is 21.7. The highest BCUT2D eigenvalue weighted by Gasteiger charge is 2.19. The smallest absolute Gasteiger partial charge is 0.159 e. The van der Waals surface area contributed by atoms with Gasteiger partial charge < -0.3 is 15.4 Å². The monoisotopic (exact) mass is 522 g/mol. The van der Waals surface area contributed by atoms with Gasteiger partial charge in [0.05, 0.1) is 28.6 Å². The van der Waals surface area contributed by atoms with Gasteiger partial charge in [-0.25, -0.2) is 9.37 Å². The molecule has 0 radical (unpaired) electrons. The Morgan fingerprint density at radius 1 is 0.949 bits per heavy atom. The predicted molar refractivity (Wildman–Crippen MR) is 149 cm³/mol. The van der Waals surface area contributed by atoms with Crippen molar-refractivity contribution >= 4 is 27.6 Å². The van der Waals surface area contributed by atoms with Gasteiger partial charge in [0.25, 0.3) is 0 Å². The number of halogens is 1. The van der Waals surface area contributed by atoms with Gasteiger partial charge in [-0.3, -0.25) is 20.1 Å². The van der Waals surface area contributed by atoms with Crippen molar-refractivity contribution in [3.63, 3.8) is 0 Å². The summed E-state index contributed by atoms with van der Waals surface area (Å²) in [7, 11) is 0. The molecule has 6 rings (SSSR count). The molecule has 4 N–H and O–H groups in total. The van der Waals surface area contributed by atoms with Crippen LogP contribution in [0.1, 0.15) is 27.2 Å². The summed E-state index contributed by atoms with van der Waals surface area (Å²) in [5.41, 5.74) is 5.73. The van der Waals surface area contributed by atoms with E-state index in [1.54, 1.807) is 43.1 Å². The molecule has 9 nitrogen and oxygen atoms in total. The van der Waals surface area contributed by atoms with E-state index in [4.69, 9.17) is 4.98 Å². The highest BCUT2D eigenvalue weighted by atomic mass is 19.1. The van der Waals surface area contributed by atoms with Gasteiger partial charge in [-0.05, 0) is 42.2 Å². The van der Waals surface area contributed by atoms with Crippen molar-refractivity contribution in [3.8, 4) is 33.9 Å². The van der Waals surface area contributed by atoms with Crippen molar-refractivity contribution in [1.82, 2.24) is 35.1 Å². The van der Waals surface area contributed by atoms with Crippen LogP contribution in [0.15, 0.2) is 67.4 Å². The third kappa shape index (κ3) is 4.94. The van der Waals surface area contributed by atoms with Crippen LogP contribution >= 0.6 is 0 Å². The van der Waals surface area contributed by atoms with Crippen LogP contribution in [-0.2, 0) is 0 Å². The Kier molecular flexibility index (Phi) is 6.03. The second-order valence-electron chi connectivity index (χ2n) is 10.7. The number of hydrogen-bond donors (Lipinski definition) is 4. The molecule has 0 saturated carbocycles. The molecule has 0 aliphatic rings. The van der Waals surface area contributed by atoms with E-state index in [1.165, 1.54) is 6.07 Å². The number of pyridine rings is 3. The number of aromatic nitrogens is 7. The Morgan fingerprint density at radius 2 is 1.77 bits per heavy atom. The van der Waals surface area contributed by atoms with Crippen molar-refractivity contribution in [1.29, 1.82) is 0 Å². The number of aliphatic hydroxyl groups excluding tert-OH is 1. The molecule has 6 aromatic rings. The number of fused-ring (bicyclic) bond motifs is 2.